The normalized spacial score (nSPS) is 12.2. The predicted molar refractivity (Wildman–Crippen MR) is 72.3 cm³/mol. The van der Waals surface area contributed by atoms with Crippen molar-refractivity contribution in [3.05, 3.63) is 29.3 Å². The zero-order valence-corrected chi connectivity index (χ0v) is 11.3. The second kappa shape index (κ2) is 7.76. The van der Waals surface area contributed by atoms with Crippen molar-refractivity contribution >= 4 is 5.97 Å². The summed E-state index contributed by atoms with van der Waals surface area (Å²) >= 11 is 0. The van der Waals surface area contributed by atoms with E-state index in [1.165, 1.54) is 0 Å². The maximum atomic E-state index is 10.4. The summed E-state index contributed by atoms with van der Waals surface area (Å²) in [6, 6.07) is 5.89. The molecular formula is C14H21NO4. The van der Waals surface area contributed by atoms with Crippen molar-refractivity contribution in [2.45, 2.75) is 32.4 Å². The molecule has 3 N–H and O–H groups in total. The summed E-state index contributed by atoms with van der Waals surface area (Å²) < 4.78 is 5.18. The molecule has 0 aliphatic heterocycles. The first-order chi connectivity index (χ1) is 9.02. The molecule has 1 aromatic rings. The minimum atomic E-state index is -0.884. The molecule has 0 fully saturated rings. The smallest absolute Gasteiger partial charge is 0.303 e. The lowest BCUT2D eigenvalue weighted by Crippen LogP contribution is -2.26. The van der Waals surface area contributed by atoms with Crippen molar-refractivity contribution in [3.63, 3.8) is 0 Å². The molecule has 0 heterocycles. The van der Waals surface area contributed by atoms with Crippen molar-refractivity contribution in [3.8, 4) is 5.75 Å². The van der Waals surface area contributed by atoms with Crippen LogP contribution in [0.25, 0.3) is 0 Å². The number of methoxy groups -OCH3 is 1. The molecule has 0 aliphatic carbocycles. The number of carbonyl (C=O) groups is 1. The third kappa shape index (κ3) is 5.72. The molecule has 1 atom stereocenters. The quantitative estimate of drug-likeness (QED) is 0.662. The van der Waals surface area contributed by atoms with Gasteiger partial charge in [-0.2, -0.15) is 0 Å². The van der Waals surface area contributed by atoms with Crippen molar-refractivity contribution in [1.29, 1.82) is 0 Å². The van der Waals surface area contributed by atoms with Crippen LogP contribution in [0, 0.1) is 6.92 Å². The molecule has 1 aromatic carbocycles. The van der Waals surface area contributed by atoms with Crippen LogP contribution in [-0.2, 0) is 11.3 Å². The third-order valence-corrected chi connectivity index (χ3v) is 2.86. The molecule has 0 saturated heterocycles. The van der Waals surface area contributed by atoms with Crippen LogP contribution >= 0.6 is 0 Å². The van der Waals surface area contributed by atoms with Crippen LogP contribution in [0.1, 0.15) is 24.0 Å². The molecule has 5 heteroatoms. The molecule has 0 saturated carbocycles. The highest BCUT2D eigenvalue weighted by Gasteiger charge is 2.07. The number of hydrogen-bond donors (Lipinski definition) is 3. The summed E-state index contributed by atoms with van der Waals surface area (Å²) in [6.07, 6.45) is -0.371. The van der Waals surface area contributed by atoms with Gasteiger partial charge in [-0.25, -0.2) is 0 Å². The molecule has 1 rings (SSSR count). The molecule has 19 heavy (non-hydrogen) atoms. The predicted octanol–water partition coefficient (Wildman–Crippen LogP) is 1.32. The van der Waals surface area contributed by atoms with Crippen molar-refractivity contribution in [2.24, 2.45) is 0 Å². The Labute approximate surface area is 113 Å². The van der Waals surface area contributed by atoms with Crippen LogP contribution in [0.3, 0.4) is 0 Å². The van der Waals surface area contributed by atoms with E-state index in [0.29, 0.717) is 13.1 Å². The van der Waals surface area contributed by atoms with Gasteiger partial charge in [-0.05, 0) is 30.5 Å². The number of aliphatic carboxylic acids is 1. The zero-order chi connectivity index (χ0) is 14.3. The summed E-state index contributed by atoms with van der Waals surface area (Å²) in [7, 11) is 1.64. The molecular weight excluding hydrogens is 246 g/mol. The first kappa shape index (κ1) is 15.5. The lowest BCUT2D eigenvalue weighted by molar-refractivity contribution is -0.137. The fourth-order valence-electron chi connectivity index (χ4n) is 1.83. The van der Waals surface area contributed by atoms with Gasteiger partial charge in [-0.1, -0.05) is 12.1 Å². The monoisotopic (exact) mass is 267 g/mol. The van der Waals surface area contributed by atoms with E-state index in [0.717, 1.165) is 16.9 Å². The van der Waals surface area contributed by atoms with E-state index in [9.17, 15) is 9.90 Å². The number of hydrogen-bond acceptors (Lipinski definition) is 4. The fraction of sp³-hybridized carbons (Fsp3) is 0.500. The number of benzene rings is 1. The minimum Gasteiger partial charge on any atom is -0.496 e. The first-order valence-corrected chi connectivity index (χ1v) is 6.27. The summed E-state index contributed by atoms with van der Waals surface area (Å²) in [5.41, 5.74) is 2.16. The maximum Gasteiger partial charge on any atom is 0.303 e. The second-order valence-electron chi connectivity index (χ2n) is 4.52. The van der Waals surface area contributed by atoms with Gasteiger partial charge in [0.1, 0.15) is 5.75 Å². The van der Waals surface area contributed by atoms with Crippen LogP contribution in [0.4, 0.5) is 0 Å². The Kier molecular flexibility index (Phi) is 6.32. The zero-order valence-electron chi connectivity index (χ0n) is 11.3. The maximum absolute atomic E-state index is 10.4. The molecule has 5 nitrogen and oxygen atoms in total. The fourth-order valence-corrected chi connectivity index (χ4v) is 1.83. The van der Waals surface area contributed by atoms with Crippen molar-refractivity contribution in [1.82, 2.24) is 5.32 Å². The Hall–Kier alpha value is -1.59. The Morgan fingerprint density at radius 2 is 2.21 bits per heavy atom. The topological polar surface area (TPSA) is 78.8 Å². The average molecular weight is 267 g/mol. The van der Waals surface area contributed by atoms with E-state index in [-0.39, 0.29) is 12.8 Å². The van der Waals surface area contributed by atoms with E-state index >= 15 is 0 Å². The van der Waals surface area contributed by atoms with Gasteiger partial charge in [0.15, 0.2) is 0 Å². The molecule has 0 bridgehead atoms. The summed E-state index contributed by atoms with van der Waals surface area (Å²) in [5.74, 6) is -0.0323. The highest BCUT2D eigenvalue weighted by Crippen LogP contribution is 2.18. The summed E-state index contributed by atoms with van der Waals surface area (Å²) in [6.45, 7) is 3.00. The number of carboxylic acids is 1. The Morgan fingerprint density at radius 3 is 2.79 bits per heavy atom. The van der Waals surface area contributed by atoms with Gasteiger partial charge in [0.25, 0.3) is 0 Å². The lowest BCUT2D eigenvalue weighted by Gasteiger charge is -2.12. The molecule has 0 aromatic heterocycles. The number of carboxylic acid groups (broad SMARTS) is 1. The Morgan fingerprint density at radius 1 is 1.47 bits per heavy atom. The van der Waals surface area contributed by atoms with E-state index in [1.807, 2.05) is 25.1 Å². The van der Waals surface area contributed by atoms with Gasteiger partial charge in [-0.3, -0.25) is 4.79 Å². The molecule has 106 valence electrons. The van der Waals surface area contributed by atoms with Crippen LogP contribution in [-0.4, -0.2) is 35.9 Å². The van der Waals surface area contributed by atoms with Crippen LogP contribution in [0.15, 0.2) is 18.2 Å². The van der Waals surface area contributed by atoms with Gasteiger partial charge in [0, 0.05) is 19.5 Å². The first-order valence-electron chi connectivity index (χ1n) is 6.27. The number of aliphatic hydroxyl groups excluding tert-OH is 1. The minimum absolute atomic E-state index is 0.00943. The van der Waals surface area contributed by atoms with E-state index in [4.69, 9.17) is 9.84 Å². The van der Waals surface area contributed by atoms with Gasteiger partial charge in [0.05, 0.1) is 13.2 Å². The number of aryl methyl sites for hydroxylation is 1. The Bertz CT molecular complexity index is 420. The van der Waals surface area contributed by atoms with Gasteiger partial charge in [0.2, 0.25) is 0 Å². The highest BCUT2D eigenvalue weighted by atomic mass is 16.5. The largest absolute Gasteiger partial charge is 0.496 e. The second-order valence-corrected chi connectivity index (χ2v) is 4.52. The summed E-state index contributed by atoms with van der Waals surface area (Å²) in [4.78, 5) is 10.4. The van der Waals surface area contributed by atoms with E-state index < -0.39 is 12.1 Å². The number of rotatable bonds is 8. The number of ether oxygens (including phenoxy) is 1. The van der Waals surface area contributed by atoms with Crippen molar-refractivity contribution in [2.75, 3.05) is 13.7 Å². The van der Waals surface area contributed by atoms with Gasteiger partial charge >= 0.3 is 5.97 Å². The summed E-state index contributed by atoms with van der Waals surface area (Å²) in [5, 5.41) is 21.2. The molecule has 0 aliphatic rings. The van der Waals surface area contributed by atoms with Crippen LogP contribution < -0.4 is 10.1 Å². The standard InChI is InChI=1S/C14H21NO4/c1-10-7-11(3-5-13(10)19-2)8-15-9-12(16)4-6-14(17)18/h3,5,7,12,15-16H,4,6,8-9H2,1-2H3,(H,17,18). The third-order valence-electron chi connectivity index (χ3n) is 2.86. The van der Waals surface area contributed by atoms with E-state index in [2.05, 4.69) is 5.32 Å². The average Bonchev–Trinajstić information content (AvgIpc) is 2.36. The van der Waals surface area contributed by atoms with Crippen LogP contribution in [0.2, 0.25) is 0 Å². The SMILES string of the molecule is COc1ccc(CNCC(O)CCC(=O)O)cc1C. The molecule has 0 spiro atoms. The van der Waals surface area contributed by atoms with Gasteiger partial charge < -0.3 is 20.3 Å². The lowest BCUT2D eigenvalue weighted by atomic mass is 10.1. The molecule has 0 radical (unpaired) electrons. The van der Waals surface area contributed by atoms with Crippen LogP contribution in [0.5, 0.6) is 5.75 Å². The molecule has 0 amide bonds. The van der Waals surface area contributed by atoms with Gasteiger partial charge in [-0.15, -0.1) is 0 Å². The highest BCUT2D eigenvalue weighted by molar-refractivity contribution is 5.66. The molecule has 1 unspecified atom stereocenters. The van der Waals surface area contributed by atoms with Crippen molar-refractivity contribution < 1.29 is 19.7 Å². The number of aliphatic hydroxyl groups is 1. The number of nitrogens with one attached hydrogen (secondary N) is 1. The Balaban J connectivity index is 2.32. The van der Waals surface area contributed by atoms with E-state index in [1.54, 1.807) is 7.11 Å².